The molecule has 8 heteroatoms. The third-order valence-corrected chi connectivity index (χ3v) is 6.70. The van der Waals surface area contributed by atoms with Crippen LogP contribution in [0.5, 0.6) is 0 Å². The number of hydrogen-bond donors (Lipinski definition) is 3. The fourth-order valence-corrected chi connectivity index (χ4v) is 5.21. The molecule has 1 aliphatic heterocycles. The predicted molar refractivity (Wildman–Crippen MR) is 112 cm³/mol. The Kier molecular flexibility index (Phi) is 7.01. The number of hydrogen-bond acceptors (Lipinski definition) is 3. The van der Waals surface area contributed by atoms with Crippen LogP contribution in [0.2, 0.25) is 0 Å². The highest BCUT2D eigenvalue weighted by atomic mass is 35.5. The van der Waals surface area contributed by atoms with Gasteiger partial charge in [-0.15, -0.1) is 12.4 Å². The lowest BCUT2D eigenvalue weighted by Crippen LogP contribution is -2.49. The van der Waals surface area contributed by atoms with Gasteiger partial charge in [-0.05, 0) is 68.2 Å². The van der Waals surface area contributed by atoms with Crippen LogP contribution in [0.3, 0.4) is 0 Å². The molecule has 29 heavy (non-hydrogen) atoms. The van der Waals surface area contributed by atoms with E-state index in [4.69, 9.17) is 5.73 Å². The van der Waals surface area contributed by atoms with Gasteiger partial charge in [-0.25, -0.2) is 9.18 Å². The molecule has 4 rings (SSSR count). The molecule has 0 aromatic heterocycles. The van der Waals surface area contributed by atoms with Crippen molar-refractivity contribution in [2.24, 2.45) is 23.5 Å². The number of rotatable bonds is 3. The number of nitrogens with one attached hydrogen (secondary N) is 2. The molecular weight excluding hydrogens is 395 g/mol. The quantitative estimate of drug-likeness (QED) is 0.696. The fraction of sp³-hybridized carbons (Fsp3) is 0.619. The Morgan fingerprint density at radius 1 is 1.07 bits per heavy atom. The number of fused-ring (bicyclic) bond motifs is 2. The molecule has 3 fully saturated rings. The molecule has 1 aromatic carbocycles. The zero-order chi connectivity index (χ0) is 19.7. The third kappa shape index (κ3) is 5.01. The van der Waals surface area contributed by atoms with E-state index in [-0.39, 0.29) is 48.2 Å². The minimum absolute atomic E-state index is 0. The number of amides is 3. The molecule has 0 spiro atoms. The number of anilines is 1. The number of nitrogens with two attached hydrogens (primary N) is 1. The second-order valence-corrected chi connectivity index (χ2v) is 8.57. The molecule has 3 amide bonds. The van der Waals surface area contributed by atoms with E-state index in [9.17, 15) is 14.0 Å². The molecule has 3 unspecified atom stereocenters. The van der Waals surface area contributed by atoms with Crippen LogP contribution >= 0.6 is 12.4 Å². The van der Waals surface area contributed by atoms with E-state index in [1.54, 1.807) is 0 Å². The van der Waals surface area contributed by atoms with Crippen molar-refractivity contribution in [2.45, 2.75) is 50.6 Å². The van der Waals surface area contributed by atoms with Crippen molar-refractivity contribution >= 4 is 30.0 Å². The fourth-order valence-electron chi connectivity index (χ4n) is 5.21. The first-order valence-corrected chi connectivity index (χ1v) is 10.4. The van der Waals surface area contributed by atoms with E-state index >= 15 is 0 Å². The summed E-state index contributed by atoms with van der Waals surface area (Å²) >= 11 is 0. The van der Waals surface area contributed by atoms with E-state index in [1.807, 2.05) is 4.90 Å². The zero-order valence-corrected chi connectivity index (χ0v) is 17.3. The van der Waals surface area contributed by atoms with Crippen molar-refractivity contribution in [1.29, 1.82) is 0 Å². The number of benzene rings is 1. The van der Waals surface area contributed by atoms with Crippen molar-refractivity contribution < 1.29 is 14.0 Å². The molecule has 1 heterocycles. The maximum atomic E-state index is 13.0. The van der Waals surface area contributed by atoms with Crippen LogP contribution in [-0.2, 0) is 4.79 Å². The largest absolute Gasteiger partial charge is 0.340 e. The van der Waals surface area contributed by atoms with E-state index < -0.39 is 0 Å². The summed E-state index contributed by atoms with van der Waals surface area (Å²) in [7, 11) is 0. The minimum atomic E-state index is -0.344. The van der Waals surface area contributed by atoms with Gasteiger partial charge in [-0.3, -0.25) is 4.79 Å². The van der Waals surface area contributed by atoms with Gasteiger partial charge in [-0.2, -0.15) is 0 Å². The SMILES string of the molecule is Cl.NC1C2CCCC1CC(C(=O)N1CCC(NC(=O)Nc3ccc(F)cc3)C1)C2. The lowest BCUT2D eigenvalue weighted by molar-refractivity contribution is -0.137. The van der Waals surface area contributed by atoms with Crippen molar-refractivity contribution in [2.75, 3.05) is 18.4 Å². The van der Waals surface area contributed by atoms with Crippen LogP contribution in [-0.4, -0.2) is 42.0 Å². The van der Waals surface area contributed by atoms with E-state index in [2.05, 4.69) is 10.6 Å². The molecule has 6 nitrogen and oxygen atoms in total. The molecule has 0 radical (unpaired) electrons. The summed E-state index contributed by atoms with van der Waals surface area (Å²) in [5.41, 5.74) is 6.89. The Morgan fingerprint density at radius 3 is 2.38 bits per heavy atom. The van der Waals surface area contributed by atoms with Crippen molar-refractivity contribution in [3.8, 4) is 0 Å². The molecular formula is C21H30ClFN4O2. The standard InChI is InChI=1S/C21H29FN4O2.ClH/c22-16-4-6-17(7-5-16)24-21(28)25-18-8-9-26(12-18)20(27)15-10-13-2-1-3-14(11-15)19(13)23;/h4-7,13-15,18-19H,1-3,8-12,23H2,(H2,24,25,28);1H. The van der Waals surface area contributed by atoms with Gasteiger partial charge in [0.25, 0.3) is 0 Å². The first-order chi connectivity index (χ1) is 13.5. The number of halogens is 2. The van der Waals surface area contributed by atoms with Gasteiger partial charge in [0.2, 0.25) is 5.91 Å². The second-order valence-electron chi connectivity index (χ2n) is 8.57. The first kappa shape index (κ1) is 21.8. The average Bonchev–Trinajstić information content (AvgIpc) is 3.11. The highest BCUT2D eigenvalue weighted by Gasteiger charge is 2.42. The van der Waals surface area contributed by atoms with Crippen LogP contribution in [0.15, 0.2) is 24.3 Å². The van der Waals surface area contributed by atoms with Crippen molar-refractivity contribution in [3.05, 3.63) is 30.1 Å². The number of likely N-dealkylation sites (tertiary alicyclic amines) is 1. The molecule has 2 bridgehead atoms. The number of carbonyl (C=O) groups excluding carboxylic acids is 2. The van der Waals surface area contributed by atoms with E-state index in [0.29, 0.717) is 30.6 Å². The second kappa shape index (κ2) is 9.30. The van der Waals surface area contributed by atoms with Gasteiger partial charge in [0.15, 0.2) is 0 Å². The summed E-state index contributed by atoms with van der Waals surface area (Å²) in [6, 6.07) is 5.52. The van der Waals surface area contributed by atoms with Gasteiger partial charge in [-0.1, -0.05) is 6.42 Å². The number of carbonyl (C=O) groups is 2. The highest BCUT2D eigenvalue weighted by Crippen LogP contribution is 2.42. The van der Waals surface area contributed by atoms with Gasteiger partial charge in [0, 0.05) is 36.8 Å². The first-order valence-electron chi connectivity index (χ1n) is 10.4. The lowest BCUT2D eigenvalue weighted by Gasteiger charge is -2.44. The van der Waals surface area contributed by atoms with E-state index in [0.717, 1.165) is 32.1 Å². The molecule has 2 aliphatic carbocycles. The molecule has 3 atom stereocenters. The summed E-state index contributed by atoms with van der Waals surface area (Å²) < 4.78 is 12.9. The van der Waals surface area contributed by atoms with Crippen LogP contribution in [0.1, 0.15) is 38.5 Å². The Balaban J connectivity index is 0.00000240. The zero-order valence-electron chi connectivity index (χ0n) is 16.5. The summed E-state index contributed by atoms with van der Waals surface area (Å²) in [6.45, 7) is 1.23. The van der Waals surface area contributed by atoms with Crippen LogP contribution < -0.4 is 16.4 Å². The van der Waals surface area contributed by atoms with Crippen molar-refractivity contribution in [1.82, 2.24) is 10.2 Å². The van der Waals surface area contributed by atoms with Crippen LogP contribution in [0.25, 0.3) is 0 Å². The minimum Gasteiger partial charge on any atom is -0.340 e. The maximum Gasteiger partial charge on any atom is 0.319 e. The monoisotopic (exact) mass is 424 g/mol. The molecule has 3 aliphatic rings. The van der Waals surface area contributed by atoms with Crippen LogP contribution in [0, 0.1) is 23.6 Å². The van der Waals surface area contributed by atoms with Gasteiger partial charge in [0.1, 0.15) is 5.82 Å². The van der Waals surface area contributed by atoms with Gasteiger partial charge in [0.05, 0.1) is 0 Å². The number of nitrogens with zero attached hydrogens (tertiary/aromatic N) is 1. The predicted octanol–water partition coefficient (Wildman–Crippen LogP) is 3.12. The Hall–Kier alpha value is -1.86. The van der Waals surface area contributed by atoms with Gasteiger partial charge >= 0.3 is 6.03 Å². The molecule has 4 N–H and O–H groups in total. The topological polar surface area (TPSA) is 87.5 Å². The van der Waals surface area contributed by atoms with Gasteiger partial charge < -0.3 is 21.3 Å². The molecule has 1 saturated heterocycles. The third-order valence-electron chi connectivity index (χ3n) is 6.70. The summed E-state index contributed by atoms with van der Waals surface area (Å²) in [4.78, 5) is 27.1. The van der Waals surface area contributed by atoms with E-state index in [1.165, 1.54) is 30.7 Å². The molecule has 160 valence electrons. The smallest absolute Gasteiger partial charge is 0.319 e. The Morgan fingerprint density at radius 2 is 1.72 bits per heavy atom. The number of urea groups is 1. The Labute approximate surface area is 177 Å². The average molecular weight is 425 g/mol. The Bertz CT molecular complexity index is 718. The maximum absolute atomic E-state index is 13.0. The lowest BCUT2D eigenvalue weighted by atomic mass is 9.65. The highest BCUT2D eigenvalue weighted by molar-refractivity contribution is 5.89. The molecule has 2 saturated carbocycles. The van der Waals surface area contributed by atoms with Crippen molar-refractivity contribution in [3.63, 3.8) is 0 Å². The molecule has 1 aromatic rings. The summed E-state index contributed by atoms with van der Waals surface area (Å²) in [5.74, 6) is 0.941. The summed E-state index contributed by atoms with van der Waals surface area (Å²) in [5, 5.41) is 5.62. The van der Waals surface area contributed by atoms with Crippen LogP contribution in [0.4, 0.5) is 14.9 Å². The normalized spacial score (nSPS) is 31.0. The summed E-state index contributed by atoms with van der Waals surface area (Å²) in [6.07, 6.45) is 6.11.